The van der Waals surface area contributed by atoms with Gasteiger partial charge in [-0.2, -0.15) is 0 Å². The molecule has 0 bridgehead atoms. The van der Waals surface area contributed by atoms with E-state index in [1.165, 1.54) is 12.0 Å². The van der Waals surface area contributed by atoms with E-state index in [0.717, 1.165) is 32.1 Å². The first-order valence-electron chi connectivity index (χ1n) is 10.3. The van der Waals surface area contributed by atoms with Crippen LogP contribution in [0.4, 0.5) is 0 Å². The molecule has 0 unspecified atom stereocenters. The Morgan fingerprint density at radius 1 is 1.16 bits per heavy atom. The van der Waals surface area contributed by atoms with Gasteiger partial charge in [0, 0.05) is 19.4 Å². The van der Waals surface area contributed by atoms with Gasteiger partial charge < -0.3 is 10.2 Å². The molecule has 0 aromatic heterocycles. The number of hydrogen-bond donors (Lipinski definition) is 2. The number of aliphatic hydroxyl groups is 2. The van der Waals surface area contributed by atoms with E-state index in [2.05, 4.69) is 20.8 Å². The van der Waals surface area contributed by atoms with Gasteiger partial charge in [-0.3, -0.25) is 4.79 Å². The van der Waals surface area contributed by atoms with Crippen molar-refractivity contribution in [2.24, 2.45) is 34.5 Å². The smallest absolute Gasteiger partial charge is 0.155 e. The molecule has 0 aliphatic heterocycles. The van der Waals surface area contributed by atoms with Gasteiger partial charge in [0.1, 0.15) is 0 Å². The van der Waals surface area contributed by atoms with Crippen molar-refractivity contribution in [3.63, 3.8) is 0 Å². The number of allylic oxidation sites excluding steroid dienone is 1. The van der Waals surface area contributed by atoms with Crippen LogP contribution in [0, 0.1) is 34.5 Å². The van der Waals surface area contributed by atoms with E-state index >= 15 is 0 Å². The van der Waals surface area contributed by atoms with Gasteiger partial charge >= 0.3 is 0 Å². The summed E-state index contributed by atoms with van der Waals surface area (Å²) in [5, 5.41) is 21.1. The van der Waals surface area contributed by atoms with E-state index in [1.807, 2.05) is 6.08 Å². The SMILES string of the molecule is C[C@@H]1C[C@H]2[C@@H]3CCC4=CC(=O)CC[C@]4(C)[C@H]3CC[C@]2(C)[C@@]1(O)CCO. The number of fused-ring (bicyclic) bond motifs is 5. The predicted octanol–water partition coefficient (Wildman–Crippen LogP) is 3.88. The summed E-state index contributed by atoms with van der Waals surface area (Å²) in [5.74, 6) is 2.44. The van der Waals surface area contributed by atoms with Crippen molar-refractivity contribution in [2.75, 3.05) is 6.61 Å². The lowest BCUT2D eigenvalue weighted by Gasteiger charge is -2.59. The second kappa shape index (κ2) is 5.66. The average molecular weight is 347 g/mol. The summed E-state index contributed by atoms with van der Waals surface area (Å²) in [6, 6.07) is 0. The maximum absolute atomic E-state index is 11.9. The Hall–Kier alpha value is -0.670. The number of aliphatic hydroxyl groups excluding tert-OH is 1. The van der Waals surface area contributed by atoms with Gasteiger partial charge in [-0.15, -0.1) is 0 Å². The highest BCUT2D eigenvalue weighted by atomic mass is 16.3. The zero-order valence-corrected chi connectivity index (χ0v) is 16.1. The molecule has 3 fully saturated rings. The highest BCUT2D eigenvalue weighted by Crippen LogP contribution is 2.69. The predicted molar refractivity (Wildman–Crippen MR) is 97.9 cm³/mol. The van der Waals surface area contributed by atoms with Crippen LogP contribution >= 0.6 is 0 Å². The van der Waals surface area contributed by atoms with Crippen molar-refractivity contribution in [1.29, 1.82) is 0 Å². The summed E-state index contributed by atoms with van der Waals surface area (Å²) in [7, 11) is 0. The van der Waals surface area contributed by atoms with Crippen molar-refractivity contribution < 1.29 is 15.0 Å². The molecule has 3 nitrogen and oxygen atoms in total. The summed E-state index contributed by atoms with van der Waals surface area (Å²) < 4.78 is 0. The third-order valence-electron chi connectivity index (χ3n) is 9.26. The molecule has 0 aromatic carbocycles. The minimum absolute atomic E-state index is 0.0711. The normalized spacial score (nSPS) is 52.2. The van der Waals surface area contributed by atoms with Crippen LogP contribution in [-0.2, 0) is 4.79 Å². The topological polar surface area (TPSA) is 57.5 Å². The highest BCUT2D eigenvalue weighted by Gasteiger charge is 2.65. The number of hydrogen-bond acceptors (Lipinski definition) is 3. The molecule has 0 saturated heterocycles. The molecule has 0 radical (unpaired) electrons. The molecule has 4 rings (SSSR count). The Morgan fingerprint density at radius 3 is 2.64 bits per heavy atom. The van der Waals surface area contributed by atoms with Crippen LogP contribution in [0.25, 0.3) is 0 Å². The fourth-order valence-electron chi connectivity index (χ4n) is 7.69. The molecular formula is C22H34O3. The molecule has 140 valence electrons. The van der Waals surface area contributed by atoms with Gasteiger partial charge in [0.05, 0.1) is 5.60 Å². The van der Waals surface area contributed by atoms with Gasteiger partial charge in [-0.1, -0.05) is 26.3 Å². The first-order chi connectivity index (χ1) is 11.8. The van der Waals surface area contributed by atoms with Crippen molar-refractivity contribution in [3.8, 4) is 0 Å². The summed E-state index contributed by atoms with van der Waals surface area (Å²) in [6.07, 6.45) is 9.71. The Bertz CT molecular complexity index is 610. The van der Waals surface area contributed by atoms with Crippen LogP contribution < -0.4 is 0 Å². The maximum Gasteiger partial charge on any atom is 0.155 e. The summed E-state index contributed by atoms with van der Waals surface area (Å²) in [5.41, 5.74) is 0.805. The fourth-order valence-corrected chi connectivity index (χ4v) is 7.69. The van der Waals surface area contributed by atoms with E-state index < -0.39 is 5.60 Å². The number of ketones is 1. The van der Waals surface area contributed by atoms with Crippen molar-refractivity contribution in [2.45, 2.75) is 77.7 Å². The largest absolute Gasteiger partial charge is 0.396 e. The van der Waals surface area contributed by atoms with Crippen LogP contribution in [0.3, 0.4) is 0 Å². The average Bonchev–Trinajstić information content (AvgIpc) is 2.76. The molecule has 0 heterocycles. The van der Waals surface area contributed by atoms with Gasteiger partial charge in [-0.05, 0) is 79.1 Å². The maximum atomic E-state index is 11.9. The Labute approximate surface area is 151 Å². The van der Waals surface area contributed by atoms with E-state index in [4.69, 9.17) is 0 Å². The number of rotatable bonds is 2. The zero-order valence-electron chi connectivity index (χ0n) is 16.1. The van der Waals surface area contributed by atoms with Crippen molar-refractivity contribution in [3.05, 3.63) is 11.6 Å². The van der Waals surface area contributed by atoms with E-state index in [1.54, 1.807) is 0 Å². The zero-order chi connectivity index (χ0) is 18.0. The first kappa shape index (κ1) is 17.7. The lowest BCUT2D eigenvalue weighted by Crippen LogP contribution is -2.55. The molecule has 3 heteroatoms. The van der Waals surface area contributed by atoms with E-state index in [-0.39, 0.29) is 23.4 Å². The van der Waals surface area contributed by atoms with Crippen LogP contribution in [0.1, 0.15) is 72.1 Å². The van der Waals surface area contributed by atoms with Gasteiger partial charge in [0.25, 0.3) is 0 Å². The van der Waals surface area contributed by atoms with Gasteiger partial charge in [0.15, 0.2) is 5.78 Å². The molecule has 3 saturated carbocycles. The quantitative estimate of drug-likeness (QED) is 0.798. The van der Waals surface area contributed by atoms with Crippen LogP contribution in [0.5, 0.6) is 0 Å². The number of carbonyl (C=O) groups excluding carboxylic acids is 1. The van der Waals surface area contributed by atoms with Crippen molar-refractivity contribution in [1.82, 2.24) is 0 Å². The lowest BCUT2D eigenvalue weighted by atomic mass is 9.46. The molecule has 0 spiro atoms. The van der Waals surface area contributed by atoms with Crippen LogP contribution in [0.15, 0.2) is 11.6 Å². The van der Waals surface area contributed by atoms with Gasteiger partial charge in [-0.25, -0.2) is 0 Å². The van der Waals surface area contributed by atoms with Crippen LogP contribution in [0.2, 0.25) is 0 Å². The van der Waals surface area contributed by atoms with Crippen LogP contribution in [-0.4, -0.2) is 28.2 Å². The molecule has 2 N–H and O–H groups in total. The minimum Gasteiger partial charge on any atom is -0.396 e. The third kappa shape index (κ3) is 2.21. The fraction of sp³-hybridized carbons (Fsp3) is 0.864. The first-order valence-corrected chi connectivity index (χ1v) is 10.3. The second-order valence-electron chi connectivity index (χ2n) is 9.96. The molecule has 7 atom stereocenters. The Balaban J connectivity index is 1.69. The lowest BCUT2D eigenvalue weighted by molar-refractivity contribution is -0.146. The monoisotopic (exact) mass is 346 g/mol. The third-order valence-corrected chi connectivity index (χ3v) is 9.26. The highest BCUT2D eigenvalue weighted by molar-refractivity contribution is 5.91. The van der Waals surface area contributed by atoms with E-state index in [0.29, 0.717) is 36.4 Å². The number of carbonyl (C=O) groups is 1. The standard InChI is InChI=1S/C22H34O3/c1-14-12-19-17-5-4-15-13-16(24)6-8-20(15,2)18(17)7-9-21(19,3)22(14,25)10-11-23/h13-14,17-19,23,25H,4-12H2,1-3H3/t14-,17-,18+,19+,20+,21+,22-/m1/s1. The molecule has 25 heavy (non-hydrogen) atoms. The Kier molecular flexibility index (Phi) is 4.01. The Morgan fingerprint density at radius 2 is 1.92 bits per heavy atom. The molecule has 4 aliphatic rings. The summed E-state index contributed by atoms with van der Waals surface area (Å²) in [6.45, 7) is 6.96. The minimum atomic E-state index is -0.725. The van der Waals surface area contributed by atoms with Crippen molar-refractivity contribution >= 4 is 5.78 Å². The second-order valence-corrected chi connectivity index (χ2v) is 9.96. The summed E-state index contributed by atoms with van der Waals surface area (Å²) >= 11 is 0. The van der Waals surface area contributed by atoms with Gasteiger partial charge in [0.2, 0.25) is 0 Å². The van der Waals surface area contributed by atoms with E-state index in [9.17, 15) is 15.0 Å². The molecular weight excluding hydrogens is 312 g/mol. The molecule has 0 amide bonds. The summed E-state index contributed by atoms with van der Waals surface area (Å²) in [4.78, 5) is 11.9. The molecule has 0 aromatic rings. The molecule has 4 aliphatic carbocycles.